The fraction of sp³-hybridized carbons (Fsp3) is 0.765. The predicted octanol–water partition coefficient (Wildman–Crippen LogP) is -3.17. The molecule has 12 nitrogen and oxygen atoms in total. The number of carbonyl (C=O) groups excluding carboxylic acids is 4. The van der Waals surface area contributed by atoms with Gasteiger partial charge in [-0.15, -0.1) is 0 Å². The molecule has 0 aromatic carbocycles. The highest BCUT2D eigenvalue weighted by molar-refractivity contribution is 5.87. The standard InChI is InChI=1S/C17H34N6O6/c1-11(23-16(26)13(21)5-3-7-19)17(27)29-9-8-28-14(24)10-22-15(25)12(20)4-2-6-18/h11-13H,2-10,18-21H2,1H3,(H,22,25)(H,23,26)/t11-,12-,13-/m0/s1. The summed E-state index contributed by atoms with van der Waals surface area (Å²) in [6.07, 6.45) is 2.02. The van der Waals surface area contributed by atoms with Crippen molar-refractivity contribution in [1.29, 1.82) is 0 Å². The number of rotatable bonds is 15. The van der Waals surface area contributed by atoms with E-state index >= 15 is 0 Å². The van der Waals surface area contributed by atoms with Crippen LogP contribution in [0.3, 0.4) is 0 Å². The lowest BCUT2D eigenvalue weighted by molar-refractivity contribution is -0.153. The van der Waals surface area contributed by atoms with Crippen LogP contribution < -0.4 is 33.6 Å². The van der Waals surface area contributed by atoms with Crippen molar-refractivity contribution in [3.63, 3.8) is 0 Å². The third-order valence-corrected chi connectivity index (χ3v) is 3.82. The zero-order valence-corrected chi connectivity index (χ0v) is 16.9. The molecule has 168 valence electrons. The first-order valence-electron chi connectivity index (χ1n) is 9.54. The van der Waals surface area contributed by atoms with Crippen molar-refractivity contribution in [1.82, 2.24) is 10.6 Å². The lowest BCUT2D eigenvalue weighted by Gasteiger charge is -2.16. The van der Waals surface area contributed by atoms with Crippen LogP contribution >= 0.6 is 0 Å². The highest BCUT2D eigenvalue weighted by atomic mass is 16.6. The van der Waals surface area contributed by atoms with Gasteiger partial charge in [0.2, 0.25) is 11.8 Å². The highest BCUT2D eigenvalue weighted by Crippen LogP contribution is 1.96. The van der Waals surface area contributed by atoms with E-state index in [-0.39, 0.29) is 19.8 Å². The van der Waals surface area contributed by atoms with E-state index < -0.39 is 41.9 Å². The van der Waals surface area contributed by atoms with E-state index in [1.807, 2.05) is 0 Å². The van der Waals surface area contributed by atoms with E-state index in [4.69, 9.17) is 32.4 Å². The fourth-order valence-corrected chi connectivity index (χ4v) is 2.08. The van der Waals surface area contributed by atoms with Gasteiger partial charge in [-0.1, -0.05) is 0 Å². The molecule has 12 heteroatoms. The molecule has 0 aliphatic rings. The molecule has 0 heterocycles. The van der Waals surface area contributed by atoms with E-state index in [1.165, 1.54) is 6.92 Å². The first kappa shape index (κ1) is 26.7. The van der Waals surface area contributed by atoms with Crippen LogP contribution in [0.1, 0.15) is 32.6 Å². The molecule has 0 radical (unpaired) electrons. The maximum Gasteiger partial charge on any atom is 0.328 e. The third-order valence-electron chi connectivity index (χ3n) is 3.82. The van der Waals surface area contributed by atoms with E-state index in [0.717, 1.165) is 0 Å². The van der Waals surface area contributed by atoms with E-state index in [1.54, 1.807) is 0 Å². The van der Waals surface area contributed by atoms with Crippen molar-refractivity contribution in [3.05, 3.63) is 0 Å². The van der Waals surface area contributed by atoms with Gasteiger partial charge in [-0.2, -0.15) is 0 Å². The predicted molar refractivity (Wildman–Crippen MR) is 105 cm³/mol. The smallest absolute Gasteiger partial charge is 0.328 e. The van der Waals surface area contributed by atoms with Crippen LogP contribution in [-0.2, 0) is 28.7 Å². The average molecular weight is 418 g/mol. The molecule has 0 unspecified atom stereocenters. The molecule has 0 aliphatic heterocycles. The number of hydrogen-bond acceptors (Lipinski definition) is 10. The minimum atomic E-state index is -0.906. The van der Waals surface area contributed by atoms with E-state index in [2.05, 4.69) is 10.6 Å². The Morgan fingerprint density at radius 2 is 1.38 bits per heavy atom. The van der Waals surface area contributed by atoms with Gasteiger partial charge in [0.25, 0.3) is 0 Å². The Morgan fingerprint density at radius 1 is 0.862 bits per heavy atom. The second-order valence-electron chi connectivity index (χ2n) is 6.41. The number of esters is 2. The molecule has 0 aliphatic carbocycles. The molecule has 2 amide bonds. The fourth-order valence-electron chi connectivity index (χ4n) is 2.08. The van der Waals surface area contributed by atoms with Crippen molar-refractivity contribution < 1.29 is 28.7 Å². The topological polar surface area (TPSA) is 215 Å². The van der Waals surface area contributed by atoms with Gasteiger partial charge in [-0.05, 0) is 45.7 Å². The second-order valence-corrected chi connectivity index (χ2v) is 6.41. The molecular weight excluding hydrogens is 384 g/mol. The number of hydrogen-bond donors (Lipinski definition) is 6. The Kier molecular flexibility index (Phi) is 14.4. The number of ether oxygens (including phenoxy) is 2. The van der Waals surface area contributed by atoms with E-state index in [0.29, 0.717) is 38.8 Å². The average Bonchev–Trinajstić information content (AvgIpc) is 2.70. The van der Waals surface area contributed by atoms with Crippen molar-refractivity contribution in [3.8, 4) is 0 Å². The summed E-state index contributed by atoms with van der Waals surface area (Å²) in [5.74, 6) is -2.35. The molecule has 0 bridgehead atoms. The molecule has 0 rings (SSSR count). The Labute approximate surface area is 170 Å². The number of nitrogens with one attached hydrogen (secondary N) is 2. The maximum atomic E-state index is 11.8. The van der Waals surface area contributed by atoms with Crippen molar-refractivity contribution in [2.75, 3.05) is 32.8 Å². The lowest BCUT2D eigenvalue weighted by atomic mass is 10.1. The minimum Gasteiger partial charge on any atom is -0.461 e. The van der Waals surface area contributed by atoms with Gasteiger partial charge in [-0.25, -0.2) is 4.79 Å². The van der Waals surface area contributed by atoms with Crippen LogP contribution in [-0.4, -0.2) is 74.7 Å². The van der Waals surface area contributed by atoms with Crippen molar-refractivity contribution in [2.24, 2.45) is 22.9 Å². The zero-order chi connectivity index (χ0) is 22.2. The van der Waals surface area contributed by atoms with Crippen LogP contribution in [0.5, 0.6) is 0 Å². The van der Waals surface area contributed by atoms with Gasteiger partial charge < -0.3 is 43.0 Å². The normalized spacial score (nSPS) is 13.7. The molecule has 29 heavy (non-hydrogen) atoms. The van der Waals surface area contributed by atoms with Crippen LogP contribution in [0.2, 0.25) is 0 Å². The van der Waals surface area contributed by atoms with Crippen LogP contribution in [0.4, 0.5) is 0 Å². The largest absolute Gasteiger partial charge is 0.461 e. The van der Waals surface area contributed by atoms with Gasteiger partial charge in [0, 0.05) is 0 Å². The SMILES string of the molecule is C[C@H](NC(=O)[C@@H](N)CCCN)C(=O)OCCOC(=O)CNC(=O)[C@@H](N)CCCN. The summed E-state index contributed by atoms with van der Waals surface area (Å²) in [6, 6.07) is -2.41. The molecule has 0 aromatic heterocycles. The summed E-state index contributed by atoms with van der Waals surface area (Å²) < 4.78 is 9.75. The van der Waals surface area contributed by atoms with Crippen LogP contribution in [0, 0.1) is 0 Å². The Hall–Kier alpha value is -2.28. The molecule has 0 saturated carbocycles. The van der Waals surface area contributed by atoms with Crippen molar-refractivity contribution >= 4 is 23.8 Å². The van der Waals surface area contributed by atoms with Gasteiger partial charge >= 0.3 is 11.9 Å². The highest BCUT2D eigenvalue weighted by Gasteiger charge is 2.21. The first-order valence-corrected chi connectivity index (χ1v) is 9.54. The molecule has 0 fully saturated rings. The second kappa shape index (κ2) is 15.6. The van der Waals surface area contributed by atoms with Gasteiger partial charge in [0.15, 0.2) is 0 Å². The van der Waals surface area contributed by atoms with Crippen LogP contribution in [0.25, 0.3) is 0 Å². The zero-order valence-electron chi connectivity index (χ0n) is 16.9. The number of nitrogens with two attached hydrogens (primary N) is 4. The Balaban J connectivity index is 3.97. The summed E-state index contributed by atoms with van der Waals surface area (Å²) in [7, 11) is 0. The first-order chi connectivity index (χ1) is 13.7. The van der Waals surface area contributed by atoms with Crippen molar-refractivity contribution in [2.45, 2.75) is 50.7 Å². The molecule has 3 atom stereocenters. The minimum absolute atomic E-state index is 0.198. The van der Waals surface area contributed by atoms with Gasteiger partial charge in [0.1, 0.15) is 25.8 Å². The number of amides is 2. The molecule has 0 aromatic rings. The molecule has 10 N–H and O–H groups in total. The summed E-state index contributed by atoms with van der Waals surface area (Å²) in [6.45, 7) is 1.54. The Morgan fingerprint density at radius 3 is 1.93 bits per heavy atom. The molecule has 0 spiro atoms. The summed E-state index contributed by atoms with van der Waals surface area (Å²) in [4.78, 5) is 46.8. The summed E-state index contributed by atoms with van der Waals surface area (Å²) >= 11 is 0. The number of carbonyl (C=O) groups is 4. The maximum absolute atomic E-state index is 11.8. The molecule has 0 saturated heterocycles. The quantitative estimate of drug-likeness (QED) is 0.116. The molecular formula is C17H34N6O6. The summed E-state index contributed by atoms with van der Waals surface area (Å²) in [5, 5.41) is 4.79. The van der Waals surface area contributed by atoms with Crippen LogP contribution in [0.15, 0.2) is 0 Å². The van der Waals surface area contributed by atoms with Gasteiger partial charge in [0.05, 0.1) is 12.1 Å². The summed E-state index contributed by atoms with van der Waals surface area (Å²) in [5.41, 5.74) is 22.0. The van der Waals surface area contributed by atoms with Gasteiger partial charge in [-0.3, -0.25) is 14.4 Å². The van der Waals surface area contributed by atoms with E-state index in [9.17, 15) is 19.2 Å². The lowest BCUT2D eigenvalue weighted by Crippen LogP contribution is -2.47. The monoisotopic (exact) mass is 418 g/mol. The third kappa shape index (κ3) is 12.7. The Bertz CT molecular complexity index is 533.